The lowest BCUT2D eigenvalue weighted by atomic mass is 10.0. The molecule has 34 heavy (non-hydrogen) atoms. The molecule has 1 aliphatic rings. The Hall–Kier alpha value is -2.78. The van der Waals surface area contributed by atoms with E-state index in [2.05, 4.69) is 20.6 Å². The second-order valence-corrected chi connectivity index (χ2v) is 9.50. The molecule has 2 aromatic heterocycles. The third-order valence-corrected chi connectivity index (χ3v) is 7.01. The molecule has 1 saturated carbocycles. The molecule has 9 heteroatoms. The van der Waals surface area contributed by atoms with E-state index in [0.717, 1.165) is 40.9 Å². The molecule has 2 heterocycles. The van der Waals surface area contributed by atoms with Crippen molar-refractivity contribution in [2.45, 2.75) is 50.7 Å². The molecule has 0 spiro atoms. The number of rotatable bonds is 9. The maximum absolute atomic E-state index is 13.5. The molecular weight excluding hydrogens is 461 g/mol. The first-order valence-corrected chi connectivity index (χ1v) is 12.3. The number of nitrogens with one attached hydrogen (secondary N) is 2. The zero-order chi connectivity index (χ0) is 24.0. The smallest absolute Gasteiger partial charge is 0.351 e. The summed E-state index contributed by atoms with van der Waals surface area (Å²) in [4.78, 5) is 20.1. The monoisotopic (exact) mass is 488 g/mol. The van der Waals surface area contributed by atoms with Crippen LogP contribution >= 0.6 is 11.3 Å². The zero-order valence-electron chi connectivity index (χ0n) is 18.7. The Morgan fingerprint density at radius 3 is 2.59 bits per heavy atom. The molecule has 1 aromatic carbocycles. The first-order chi connectivity index (χ1) is 16.4. The van der Waals surface area contributed by atoms with Crippen LogP contribution in [0.5, 0.6) is 0 Å². The van der Waals surface area contributed by atoms with E-state index in [1.807, 2.05) is 36.4 Å². The summed E-state index contributed by atoms with van der Waals surface area (Å²) in [7, 11) is 0. The normalized spacial score (nSPS) is 14.4. The van der Waals surface area contributed by atoms with Gasteiger partial charge in [-0.3, -0.25) is 9.78 Å². The van der Waals surface area contributed by atoms with Crippen molar-refractivity contribution in [3.63, 3.8) is 0 Å². The van der Waals surface area contributed by atoms with Gasteiger partial charge in [0.05, 0.1) is 5.01 Å². The predicted octanol–water partition coefficient (Wildman–Crippen LogP) is 5.27. The van der Waals surface area contributed by atoms with Gasteiger partial charge in [-0.25, -0.2) is 4.98 Å². The van der Waals surface area contributed by atoms with Crippen LogP contribution in [-0.4, -0.2) is 35.0 Å². The van der Waals surface area contributed by atoms with Gasteiger partial charge in [-0.15, -0.1) is 11.3 Å². The van der Waals surface area contributed by atoms with Crippen LogP contribution in [0.2, 0.25) is 0 Å². The number of carbonyl (C=O) groups excluding carboxylic acids is 1. The van der Waals surface area contributed by atoms with E-state index < -0.39 is 17.8 Å². The third kappa shape index (κ3) is 6.42. The third-order valence-electron chi connectivity index (χ3n) is 5.89. The summed E-state index contributed by atoms with van der Waals surface area (Å²) < 4.78 is 40.6. The summed E-state index contributed by atoms with van der Waals surface area (Å²) in [6.07, 6.45) is 4.25. The van der Waals surface area contributed by atoms with Gasteiger partial charge in [0.25, 0.3) is 5.91 Å². The van der Waals surface area contributed by atoms with E-state index in [-0.39, 0.29) is 11.4 Å². The number of aromatic nitrogens is 2. The fraction of sp³-hybridized carbons (Fsp3) is 0.400. The summed E-state index contributed by atoms with van der Waals surface area (Å²) >= 11 is 0.833. The number of halogens is 3. The van der Waals surface area contributed by atoms with Crippen molar-refractivity contribution in [2.75, 3.05) is 13.1 Å². The van der Waals surface area contributed by atoms with Crippen LogP contribution in [0.1, 0.15) is 51.6 Å². The van der Waals surface area contributed by atoms with E-state index >= 15 is 0 Å². The molecular formula is C25H27F3N4OS. The van der Waals surface area contributed by atoms with Gasteiger partial charge in [-0.2, -0.15) is 13.2 Å². The Morgan fingerprint density at radius 1 is 1.06 bits per heavy atom. The Morgan fingerprint density at radius 2 is 1.85 bits per heavy atom. The highest BCUT2D eigenvalue weighted by Gasteiger charge is 2.39. The lowest BCUT2D eigenvalue weighted by Crippen LogP contribution is -2.28. The van der Waals surface area contributed by atoms with Crippen LogP contribution in [0.4, 0.5) is 13.2 Å². The molecule has 1 aliphatic carbocycles. The minimum Gasteiger partial charge on any atom is -0.351 e. The Kier molecular flexibility index (Phi) is 7.95. The van der Waals surface area contributed by atoms with Gasteiger partial charge in [0.2, 0.25) is 0 Å². The fourth-order valence-electron chi connectivity index (χ4n) is 4.17. The van der Waals surface area contributed by atoms with E-state index in [1.165, 1.54) is 12.8 Å². The number of pyridine rings is 1. The fourth-order valence-corrected chi connectivity index (χ4v) is 5.17. The van der Waals surface area contributed by atoms with Crippen molar-refractivity contribution in [3.8, 4) is 11.1 Å². The molecule has 0 unspecified atom stereocenters. The van der Waals surface area contributed by atoms with Gasteiger partial charge in [0.15, 0.2) is 5.69 Å². The van der Waals surface area contributed by atoms with Crippen LogP contribution in [0, 0.1) is 0 Å². The molecule has 180 valence electrons. The van der Waals surface area contributed by atoms with E-state index in [0.29, 0.717) is 30.4 Å². The van der Waals surface area contributed by atoms with Gasteiger partial charge in [-0.05, 0) is 42.0 Å². The predicted molar refractivity (Wildman–Crippen MR) is 127 cm³/mol. The summed E-state index contributed by atoms with van der Waals surface area (Å²) in [6.45, 7) is 0.785. The highest BCUT2D eigenvalue weighted by molar-refractivity contribution is 7.13. The highest BCUT2D eigenvalue weighted by Crippen LogP contribution is 2.34. The zero-order valence-corrected chi connectivity index (χ0v) is 19.5. The molecule has 3 aromatic rings. The first kappa shape index (κ1) is 24.3. The SMILES string of the molecule is O=C(NCCc1cccc(-c2cccnc2)c1)c1sc(CCNC2CCCC2)nc1C(F)(F)F. The summed E-state index contributed by atoms with van der Waals surface area (Å²) in [5, 5.41) is 6.34. The van der Waals surface area contributed by atoms with E-state index in [9.17, 15) is 18.0 Å². The second-order valence-electron chi connectivity index (χ2n) is 8.42. The van der Waals surface area contributed by atoms with Crippen molar-refractivity contribution < 1.29 is 18.0 Å². The van der Waals surface area contributed by atoms with Crippen molar-refractivity contribution in [2.24, 2.45) is 0 Å². The minimum absolute atomic E-state index is 0.225. The van der Waals surface area contributed by atoms with Crippen LogP contribution < -0.4 is 10.6 Å². The molecule has 4 rings (SSSR count). The quantitative estimate of drug-likeness (QED) is 0.431. The van der Waals surface area contributed by atoms with Gasteiger partial charge < -0.3 is 10.6 Å². The number of benzene rings is 1. The number of hydrogen-bond acceptors (Lipinski definition) is 5. The van der Waals surface area contributed by atoms with Crippen LogP contribution in [0.25, 0.3) is 11.1 Å². The number of hydrogen-bond donors (Lipinski definition) is 2. The lowest BCUT2D eigenvalue weighted by molar-refractivity contribution is -0.141. The van der Waals surface area contributed by atoms with Crippen molar-refractivity contribution in [1.82, 2.24) is 20.6 Å². The van der Waals surface area contributed by atoms with Crippen LogP contribution in [-0.2, 0) is 19.0 Å². The van der Waals surface area contributed by atoms with Crippen molar-refractivity contribution in [1.29, 1.82) is 0 Å². The summed E-state index contributed by atoms with van der Waals surface area (Å²) in [5.74, 6) is -0.733. The number of alkyl halides is 3. The molecule has 1 amide bonds. The molecule has 0 saturated heterocycles. The number of carbonyl (C=O) groups is 1. The van der Waals surface area contributed by atoms with E-state index in [4.69, 9.17) is 0 Å². The lowest BCUT2D eigenvalue weighted by Gasteiger charge is -2.10. The maximum Gasteiger partial charge on any atom is 0.435 e. The van der Waals surface area contributed by atoms with Crippen molar-refractivity contribution in [3.05, 3.63) is 69.9 Å². The Balaban J connectivity index is 1.36. The van der Waals surface area contributed by atoms with Gasteiger partial charge >= 0.3 is 6.18 Å². The second kappa shape index (κ2) is 11.1. The first-order valence-electron chi connectivity index (χ1n) is 11.5. The van der Waals surface area contributed by atoms with Crippen LogP contribution in [0.15, 0.2) is 48.8 Å². The van der Waals surface area contributed by atoms with Crippen LogP contribution in [0.3, 0.4) is 0 Å². The minimum atomic E-state index is -4.67. The average molecular weight is 489 g/mol. The summed E-state index contributed by atoms with van der Waals surface area (Å²) in [6, 6.07) is 12.0. The Labute approximate surface area is 200 Å². The molecule has 2 N–H and O–H groups in total. The largest absolute Gasteiger partial charge is 0.435 e. The molecule has 1 fully saturated rings. The molecule has 5 nitrogen and oxygen atoms in total. The molecule has 0 bridgehead atoms. The number of thiazole rings is 1. The molecule has 0 aliphatic heterocycles. The maximum atomic E-state index is 13.5. The number of amides is 1. The standard InChI is InChI=1S/C25H27F3N4OS/c26-25(27,28)23-22(34-21(32-23)11-14-30-20-8-1-2-9-20)24(33)31-13-10-17-5-3-6-18(15-17)19-7-4-12-29-16-19/h3-7,12,15-16,20,30H,1-2,8-11,13-14H2,(H,31,33). The van der Waals surface area contributed by atoms with Gasteiger partial charge in [0, 0.05) is 37.9 Å². The molecule has 0 atom stereocenters. The Bertz CT molecular complexity index is 1100. The highest BCUT2D eigenvalue weighted by atomic mass is 32.1. The summed E-state index contributed by atoms with van der Waals surface area (Å²) in [5.41, 5.74) is 1.85. The average Bonchev–Trinajstić information content (AvgIpc) is 3.50. The van der Waals surface area contributed by atoms with E-state index in [1.54, 1.807) is 12.4 Å². The van der Waals surface area contributed by atoms with Gasteiger partial charge in [-0.1, -0.05) is 43.2 Å². The molecule has 0 radical (unpaired) electrons. The topological polar surface area (TPSA) is 66.9 Å². The number of nitrogens with zero attached hydrogens (tertiary/aromatic N) is 2. The van der Waals surface area contributed by atoms with Crippen molar-refractivity contribution >= 4 is 17.2 Å². The van der Waals surface area contributed by atoms with Gasteiger partial charge in [0.1, 0.15) is 4.88 Å².